The second-order valence-electron chi connectivity index (χ2n) is 4.75. The molecule has 1 heterocycles. The van der Waals surface area contributed by atoms with E-state index in [-0.39, 0.29) is 5.91 Å². The van der Waals surface area contributed by atoms with Crippen LogP contribution in [0, 0.1) is 6.92 Å². The third-order valence-corrected chi connectivity index (χ3v) is 4.44. The Labute approximate surface area is 115 Å². The van der Waals surface area contributed by atoms with Crippen molar-refractivity contribution in [3.8, 4) is 0 Å². The van der Waals surface area contributed by atoms with Crippen LogP contribution in [-0.4, -0.2) is 46.2 Å². The van der Waals surface area contributed by atoms with E-state index in [0.29, 0.717) is 23.7 Å². The van der Waals surface area contributed by atoms with Gasteiger partial charge in [0, 0.05) is 46.8 Å². The molecule has 3 N–H and O–H groups in total. The molecular weight excluding hydrogens is 262 g/mol. The number of benzene rings is 1. The first-order valence-electron chi connectivity index (χ1n) is 6.28. The zero-order valence-corrected chi connectivity index (χ0v) is 11.8. The lowest BCUT2D eigenvalue weighted by Crippen LogP contribution is -2.42. The summed E-state index contributed by atoms with van der Waals surface area (Å²) in [4.78, 5) is 14.0. The lowest BCUT2D eigenvalue weighted by atomic mass is 10.2. The van der Waals surface area contributed by atoms with Crippen LogP contribution in [0.4, 0.5) is 11.4 Å². The van der Waals surface area contributed by atoms with Crippen molar-refractivity contribution in [1.82, 2.24) is 4.90 Å². The minimum atomic E-state index is -0.707. The van der Waals surface area contributed by atoms with Gasteiger partial charge < -0.3 is 11.1 Å². The number of nitrogen functional groups attached to an aromatic ring is 1. The number of anilines is 2. The summed E-state index contributed by atoms with van der Waals surface area (Å²) in [6.45, 7) is 3.71. The molecule has 0 radical (unpaired) electrons. The van der Waals surface area contributed by atoms with Gasteiger partial charge in [-0.3, -0.25) is 13.9 Å². The van der Waals surface area contributed by atoms with Crippen molar-refractivity contribution in [2.24, 2.45) is 0 Å². The molecular formula is C13H19N3O2S. The molecule has 1 aliphatic heterocycles. The van der Waals surface area contributed by atoms with E-state index < -0.39 is 10.8 Å². The summed E-state index contributed by atoms with van der Waals surface area (Å²) in [7, 11) is -0.707. The summed E-state index contributed by atoms with van der Waals surface area (Å²) in [5.74, 6) is 1.28. The molecule has 0 saturated carbocycles. The van der Waals surface area contributed by atoms with E-state index in [9.17, 15) is 9.00 Å². The summed E-state index contributed by atoms with van der Waals surface area (Å²) in [5.41, 5.74) is 8.10. The molecule has 0 atom stereocenters. The zero-order chi connectivity index (χ0) is 13.8. The van der Waals surface area contributed by atoms with Crippen LogP contribution >= 0.6 is 0 Å². The van der Waals surface area contributed by atoms with Crippen molar-refractivity contribution in [3.63, 3.8) is 0 Å². The minimum Gasteiger partial charge on any atom is -0.399 e. The smallest absolute Gasteiger partial charge is 0.238 e. The molecule has 0 aromatic heterocycles. The van der Waals surface area contributed by atoms with Gasteiger partial charge >= 0.3 is 0 Å². The van der Waals surface area contributed by atoms with Crippen LogP contribution in [0.15, 0.2) is 18.2 Å². The van der Waals surface area contributed by atoms with Crippen LogP contribution in [0.5, 0.6) is 0 Å². The van der Waals surface area contributed by atoms with E-state index in [1.807, 2.05) is 24.0 Å². The highest BCUT2D eigenvalue weighted by molar-refractivity contribution is 7.85. The van der Waals surface area contributed by atoms with Crippen molar-refractivity contribution in [2.75, 3.05) is 42.2 Å². The monoisotopic (exact) mass is 281 g/mol. The third kappa shape index (κ3) is 4.04. The summed E-state index contributed by atoms with van der Waals surface area (Å²) >= 11 is 0. The molecule has 1 saturated heterocycles. The first-order valence-corrected chi connectivity index (χ1v) is 7.77. The average molecular weight is 281 g/mol. The number of rotatable bonds is 3. The fraction of sp³-hybridized carbons (Fsp3) is 0.462. The highest BCUT2D eigenvalue weighted by Crippen LogP contribution is 2.17. The quantitative estimate of drug-likeness (QED) is 0.795. The van der Waals surface area contributed by atoms with E-state index in [2.05, 4.69) is 5.32 Å². The van der Waals surface area contributed by atoms with Gasteiger partial charge in [-0.25, -0.2) is 0 Å². The number of amides is 1. The van der Waals surface area contributed by atoms with Gasteiger partial charge in [-0.15, -0.1) is 0 Å². The van der Waals surface area contributed by atoms with Crippen LogP contribution in [0.3, 0.4) is 0 Å². The van der Waals surface area contributed by atoms with Gasteiger partial charge in [0.05, 0.1) is 6.54 Å². The standard InChI is InChI=1S/C13H19N3O2S/c1-10-8-11(14)2-3-12(10)15-13(17)9-16-4-6-19(18)7-5-16/h2-3,8H,4-7,9,14H2,1H3,(H,15,17). The summed E-state index contributed by atoms with van der Waals surface area (Å²) < 4.78 is 11.2. The van der Waals surface area contributed by atoms with Gasteiger partial charge in [-0.1, -0.05) is 0 Å². The van der Waals surface area contributed by atoms with Gasteiger partial charge in [-0.05, 0) is 30.7 Å². The molecule has 1 aromatic rings. The van der Waals surface area contributed by atoms with Crippen molar-refractivity contribution >= 4 is 28.1 Å². The van der Waals surface area contributed by atoms with Gasteiger partial charge in [0.15, 0.2) is 0 Å². The molecule has 1 fully saturated rings. The molecule has 6 heteroatoms. The Morgan fingerprint density at radius 3 is 2.74 bits per heavy atom. The summed E-state index contributed by atoms with van der Waals surface area (Å²) in [6, 6.07) is 5.42. The van der Waals surface area contributed by atoms with E-state index in [4.69, 9.17) is 5.73 Å². The fourth-order valence-electron chi connectivity index (χ4n) is 2.05. The number of nitrogens with one attached hydrogen (secondary N) is 1. The third-order valence-electron chi connectivity index (χ3n) is 3.16. The number of aryl methyl sites for hydroxylation is 1. The van der Waals surface area contributed by atoms with Crippen molar-refractivity contribution < 1.29 is 9.00 Å². The SMILES string of the molecule is Cc1cc(N)ccc1NC(=O)CN1CCS(=O)CC1. The number of hydrogen-bond donors (Lipinski definition) is 2. The largest absolute Gasteiger partial charge is 0.399 e. The maximum atomic E-state index is 11.9. The number of hydrogen-bond acceptors (Lipinski definition) is 4. The average Bonchev–Trinajstić information content (AvgIpc) is 2.36. The maximum absolute atomic E-state index is 11.9. The molecule has 104 valence electrons. The van der Waals surface area contributed by atoms with Gasteiger partial charge in [-0.2, -0.15) is 0 Å². The molecule has 1 aromatic carbocycles. The molecule has 1 aliphatic rings. The Kier molecular flexibility index (Phi) is 4.55. The Morgan fingerprint density at radius 1 is 1.42 bits per heavy atom. The Hall–Kier alpha value is -1.40. The Morgan fingerprint density at radius 2 is 2.11 bits per heavy atom. The summed E-state index contributed by atoms with van der Waals surface area (Å²) in [6.07, 6.45) is 0. The Bertz CT molecular complexity index is 495. The summed E-state index contributed by atoms with van der Waals surface area (Å²) in [5, 5.41) is 2.88. The molecule has 0 spiro atoms. The molecule has 0 aliphatic carbocycles. The van der Waals surface area contributed by atoms with E-state index >= 15 is 0 Å². The molecule has 2 rings (SSSR count). The number of carbonyl (C=O) groups excluding carboxylic acids is 1. The Balaban J connectivity index is 1.89. The lowest BCUT2D eigenvalue weighted by Gasteiger charge is -2.25. The van der Waals surface area contributed by atoms with Crippen molar-refractivity contribution in [1.29, 1.82) is 0 Å². The van der Waals surface area contributed by atoms with Crippen LogP contribution in [0.25, 0.3) is 0 Å². The fourth-order valence-corrected chi connectivity index (χ4v) is 3.18. The molecule has 0 unspecified atom stereocenters. The number of nitrogens with zero attached hydrogens (tertiary/aromatic N) is 1. The van der Waals surface area contributed by atoms with Gasteiger partial charge in [0.2, 0.25) is 5.91 Å². The predicted octanol–water partition coefficient (Wildman–Crippen LogP) is 0.580. The first-order chi connectivity index (χ1) is 9.04. The molecule has 5 nitrogen and oxygen atoms in total. The van der Waals surface area contributed by atoms with E-state index in [1.165, 1.54) is 0 Å². The van der Waals surface area contributed by atoms with Gasteiger partial charge in [0.1, 0.15) is 0 Å². The first kappa shape index (κ1) is 14.0. The maximum Gasteiger partial charge on any atom is 0.238 e. The van der Waals surface area contributed by atoms with Crippen molar-refractivity contribution in [2.45, 2.75) is 6.92 Å². The van der Waals surface area contributed by atoms with E-state index in [0.717, 1.165) is 24.3 Å². The van der Waals surface area contributed by atoms with E-state index in [1.54, 1.807) is 6.07 Å². The van der Waals surface area contributed by atoms with Crippen LogP contribution < -0.4 is 11.1 Å². The second-order valence-corrected chi connectivity index (χ2v) is 6.44. The molecule has 19 heavy (non-hydrogen) atoms. The minimum absolute atomic E-state index is 0.0412. The zero-order valence-electron chi connectivity index (χ0n) is 11.0. The molecule has 0 bridgehead atoms. The second kappa shape index (κ2) is 6.16. The highest BCUT2D eigenvalue weighted by atomic mass is 32.2. The van der Waals surface area contributed by atoms with Crippen molar-refractivity contribution in [3.05, 3.63) is 23.8 Å². The topological polar surface area (TPSA) is 75.4 Å². The number of nitrogens with two attached hydrogens (primary N) is 1. The van der Waals surface area contributed by atoms with Crippen LogP contribution in [0.1, 0.15) is 5.56 Å². The highest BCUT2D eigenvalue weighted by Gasteiger charge is 2.17. The normalized spacial score (nSPS) is 17.3. The van der Waals surface area contributed by atoms with Gasteiger partial charge in [0.25, 0.3) is 0 Å². The molecule has 1 amide bonds. The van der Waals surface area contributed by atoms with Crippen LogP contribution in [0.2, 0.25) is 0 Å². The number of carbonyl (C=O) groups is 1. The predicted molar refractivity (Wildman–Crippen MR) is 78.5 cm³/mol. The lowest BCUT2D eigenvalue weighted by molar-refractivity contribution is -0.117. The van der Waals surface area contributed by atoms with Crippen LogP contribution in [-0.2, 0) is 15.6 Å².